The number of anilines is 1. The van der Waals surface area contributed by atoms with Crippen molar-refractivity contribution in [1.82, 2.24) is 10.3 Å². The normalized spacial score (nSPS) is 12.3. The maximum absolute atomic E-state index is 14.3. The second-order valence-electron chi connectivity index (χ2n) is 7.04. The standard InChI is InChI=1S/C23H22FN3O4S/c1-16(18-5-3-6-19(14-18)27-32(2,29)30)26-23(28)11-9-17-8-10-22(21(24)13-17)31-20-7-4-12-25-15-20/h3-16,27H,1-2H3,(H,26,28)/b11-9+. The lowest BCUT2D eigenvalue weighted by atomic mass is 10.1. The Balaban J connectivity index is 1.61. The predicted molar refractivity (Wildman–Crippen MR) is 121 cm³/mol. The van der Waals surface area contributed by atoms with Crippen molar-refractivity contribution in [2.45, 2.75) is 13.0 Å². The summed E-state index contributed by atoms with van der Waals surface area (Å²) in [4.78, 5) is 16.2. The Morgan fingerprint density at radius 2 is 1.97 bits per heavy atom. The van der Waals surface area contributed by atoms with E-state index in [1.54, 1.807) is 55.6 Å². The molecule has 9 heteroatoms. The summed E-state index contributed by atoms with van der Waals surface area (Å²) in [6.07, 6.45) is 6.92. The van der Waals surface area contributed by atoms with Crippen molar-refractivity contribution in [3.05, 3.63) is 90.0 Å². The molecular formula is C23H22FN3O4S. The number of nitrogens with zero attached hydrogens (tertiary/aromatic N) is 1. The molecule has 0 radical (unpaired) electrons. The zero-order valence-electron chi connectivity index (χ0n) is 17.4. The van der Waals surface area contributed by atoms with Gasteiger partial charge >= 0.3 is 0 Å². The molecule has 0 spiro atoms. The molecule has 1 heterocycles. The number of carbonyl (C=O) groups excluding carboxylic acids is 1. The van der Waals surface area contributed by atoms with Gasteiger partial charge in [-0.15, -0.1) is 0 Å². The molecule has 0 aliphatic rings. The van der Waals surface area contributed by atoms with E-state index in [0.29, 0.717) is 17.0 Å². The number of benzene rings is 2. The maximum atomic E-state index is 14.3. The highest BCUT2D eigenvalue weighted by molar-refractivity contribution is 7.92. The molecule has 0 aliphatic heterocycles. The van der Waals surface area contributed by atoms with Crippen LogP contribution < -0.4 is 14.8 Å². The van der Waals surface area contributed by atoms with Crippen molar-refractivity contribution in [2.75, 3.05) is 11.0 Å². The summed E-state index contributed by atoms with van der Waals surface area (Å²) in [5, 5.41) is 2.79. The fraction of sp³-hybridized carbons (Fsp3) is 0.130. The van der Waals surface area contributed by atoms with E-state index in [0.717, 1.165) is 11.8 Å². The summed E-state index contributed by atoms with van der Waals surface area (Å²) < 4.78 is 44.9. The predicted octanol–water partition coefficient (Wildman–Crippen LogP) is 4.28. The smallest absolute Gasteiger partial charge is 0.244 e. The molecule has 1 unspecified atom stereocenters. The van der Waals surface area contributed by atoms with Gasteiger partial charge < -0.3 is 10.1 Å². The molecule has 0 aliphatic carbocycles. The topological polar surface area (TPSA) is 97.4 Å². The molecule has 0 bridgehead atoms. The number of halogens is 1. The number of ether oxygens (including phenoxy) is 1. The Morgan fingerprint density at radius 3 is 2.66 bits per heavy atom. The van der Waals surface area contributed by atoms with E-state index in [-0.39, 0.29) is 17.7 Å². The quantitative estimate of drug-likeness (QED) is 0.494. The highest BCUT2D eigenvalue weighted by Gasteiger charge is 2.10. The number of sulfonamides is 1. The summed E-state index contributed by atoms with van der Waals surface area (Å²) in [6, 6.07) is 14.1. The molecule has 0 fully saturated rings. The van der Waals surface area contributed by atoms with Crippen LogP contribution in [0, 0.1) is 5.82 Å². The third-order valence-electron chi connectivity index (χ3n) is 4.29. The Bertz CT molecular complexity index is 1230. The van der Waals surface area contributed by atoms with E-state index < -0.39 is 15.8 Å². The van der Waals surface area contributed by atoms with Crippen LogP contribution in [0.25, 0.3) is 6.08 Å². The van der Waals surface area contributed by atoms with Crippen molar-refractivity contribution in [3.63, 3.8) is 0 Å². The van der Waals surface area contributed by atoms with Crippen LogP contribution in [0.2, 0.25) is 0 Å². The van der Waals surface area contributed by atoms with Gasteiger partial charge in [-0.25, -0.2) is 12.8 Å². The largest absolute Gasteiger partial charge is 0.453 e. The van der Waals surface area contributed by atoms with E-state index in [1.807, 2.05) is 0 Å². The lowest BCUT2D eigenvalue weighted by molar-refractivity contribution is -0.117. The fourth-order valence-corrected chi connectivity index (χ4v) is 3.40. The van der Waals surface area contributed by atoms with Gasteiger partial charge in [0.05, 0.1) is 18.5 Å². The van der Waals surface area contributed by atoms with Gasteiger partial charge in [-0.3, -0.25) is 14.5 Å². The minimum atomic E-state index is -3.40. The molecule has 1 amide bonds. The Hall–Kier alpha value is -3.72. The van der Waals surface area contributed by atoms with Crippen LogP contribution in [0.3, 0.4) is 0 Å². The summed E-state index contributed by atoms with van der Waals surface area (Å²) in [7, 11) is -3.40. The SMILES string of the molecule is CC(NC(=O)/C=C/c1ccc(Oc2cccnc2)c(F)c1)c1cccc(NS(C)(=O)=O)c1. The number of carbonyl (C=O) groups is 1. The van der Waals surface area contributed by atoms with E-state index >= 15 is 0 Å². The summed E-state index contributed by atoms with van der Waals surface area (Å²) >= 11 is 0. The highest BCUT2D eigenvalue weighted by atomic mass is 32.2. The Labute approximate surface area is 186 Å². The van der Waals surface area contributed by atoms with Gasteiger partial charge in [0.1, 0.15) is 5.75 Å². The number of hydrogen-bond acceptors (Lipinski definition) is 5. The maximum Gasteiger partial charge on any atom is 0.244 e. The van der Waals surface area contributed by atoms with Gasteiger partial charge in [0.2, 0.25) is 15.9 Å². The van der Waals surface area contributed by atoms with Crippen molar-refractivity contribution in [1.29, 1.82) is 0 Å². The van der Waals surface area contributed by atoms with Crippen LogP contribution in [-0.2, 0) is 14.8 Å². The second-order valence-corrected chi connectivity index (χ2v) is 8.79. The van der Waals surface area contributed by atoms with E-state index in [9.17, 15) is 17.6 Å². The number of aromatic nitrogens is 1. The Kier molecular flexibility index (Phi) is 7.21. The minimum Gasteiger partial charge on any atom is -0.453 e. The molecule has 2 aromatic carbocycles. The van der Waals surface area contributed by atoms with E-state index in [4.69, 9.17) is 4.74 Å². The lowest BCUT2D eigenvalue weighted by Gasteiger charge is -2.14. The number of nitrogens with one attached hydrogen (secondary N) is 2. The monoisotopic (exact) mass is 455 g/mol. The van der Waals surface area contributed by atoms with Gasteiger partial charge in [-0.2, -0.15) is 0 Å². The molecule has 1 aromatic heterocycles. The first kappa shape index (κ1) is 23.0. The first-order chi connectivity index (χ1) is 15.2. The van der Waals surface area contributed by atoms with Gasteiger partial charge in [-0.1, -0.05) is 18.2 Å². The molecule has 3 aromatic rings. The number of hydrogen-bond donors (Lipinski definition) is 2. The minimum absolute atomic E-state index is 0.0517. The van der Waals surface area contributed by atoms with Crippen molar-refractivity contribution >= 4 is 27.7 Å². The average molecular weight is 456 g/mol. The van der Waals surface area contributed by atoms with Crippen molar-refractivity contribution in [3.8, 4) is 11.5 Å². The van der Waals surface area contributed by atoms with Crippen LogP contribution in [0.5, 0.6) is 11.5 Å². The molecule has 32 heavy (non-hydrogen) atoms. The van der Waals surface area contributed by atoms with Crippen LogP contribution in [0.15, 0.2) is 73.1 Å². The zero-order chi connectivity index (χ0) is 23.1. The summed E-state index contributed by atoms with van der Waals surface area (Å²) in [6.45, 7) is 1.77. The average Bonchev–Trinajstić information content (AvgIpc) is 2.74. The van der Waals surface area contributed by atoms with Crippen LogP contribution in [-0.4, -0.2) is 25.6 Å². The summed E-state index contributed by atoms with van der Waals surface area (Å²) in [5.41, 5.74) is 1.62. The zero-order valence-corrected chi connectivity index (χ0v) is 18.3. The van der Waals surface area contributed by atoms with Crippen LogP contribution >= 0.6 is 0 Å². The Morgan fingerprint density at radius 1 is 1.16 bits per heavy atom. The number of rotatable bonds is 8. The molecule has 3 rings (SSSR count). The first-order valence-corrected chi connectivity index (χ1v) is 11.5. The third kappa shape index (κ3) is 6.92. The molecule has 0 saturated heterocycles. The third-order valence-corrected chi connectivity index (χ3v) is 4.90. The van der Waals surface area contributed by atoms with Gasteiger partial charge in [0.15, 0.2) is 11.6 Å². The molecule has 1 atom stereocenters. The molecule has 2 N–H and O–H groups in total. The molecule has 0 saturated carbocycles. The van der Waals surface area contributed by atoms with Gasteiger partial charge in [0.25, 0.3) is 0 Å². The van der Waals surface area contributed by atoms with Crippen molar-refractivity contribution in [2.24, 2.45) is 0 Å². The number of amides is 1. The highest BCUT2D eigenvalue weighted by Crippen LogP contribution is 2.25. The van der Waals surface area contributed by atoms with Crippen LogP contribution in [0.4, 0.5) is 10.1 Å². The second kappa shape index (κ2) is 10.1. The first-order valence-electron chi connectivity index (χ1n) is 9.63. The molecule has 7 nitrogen and oxygen atoms in total. The van der Waals surface area contributed by atoms with Gasteiger partial charge in [-0.05, 0) is 60.5 Å². The fourth-order valence-electron chi connectivity index (χ4n) is 2.84. The lowest BCUT2D eigenvalue weighted by Crippen LogP contribution is -2.24. The molecule has 166 valence electrons. The van der Waals surface area contributed by atoms with E-state index in [2.05, 4.69) is 15.0 Å². The van der Waals surface area contributed by atoms with E-state index in [1.165, 1.54) is 30.5 Å². The van der Waals surface area contributed by atoms with Crippen LogP contribution in [0.1, 0.15) is 24.1 Å². The number of pyridine rings is 1. The van der Waals surface area contributed by atoms with Gasteiger partial charge in [0, 0.05) is 18.0 Å². The summed E-state index contributed by atoms with van der Waals surface area (Å²) in [5.74, 6) is -0.482. The molecular weight excluding hydrogens is 433 g/mol. The van der Waals surface area contributed by atoms with Crippen molar-refractivity contribution < 1.29 is 22.3 Å².